The predicted molar refractivity (Wildman–Crippen MR) is 183 cm³/mol. The van der Waals surface area contributed by atoms with Crippen molar-refractivity contribution in [1.29, 1.82) is 0 Å². The molecule has 3 amide bonds. The van der Waals surface area contributed by atoms with Gasteiger partial charge in [0.25, 0.3) is 17.7 Å². The van der Waals surface area contributed by atoms with E-state index in [0.717, 1.165) is 23.0 Å². The second-order valence-electron chi connectivity index (χ2n) is 11.1. The normalized spacial score (nSPS) is 17.4. The van der Waals surface area contributed by atoms with E-state index < -0.39 is 70.8 Å². The number of tetrazole rings is 1. The zero-order chi connectivity index (χ0) is 38.0. The molecule has 0 unspecified atom stereocenters. The number of nitrogens with two attached hydrogens (primary N) is 1. The van der Waals surface area contributed by atoms with Crippen molar-refractivity contribution >= 4 is 86.6 Å². The van der Waals surface area contributed by atoms with E-state index in [1.807, 2.05) is 0 Å². The number of nitrogens with one attached hydrogen (secondary N) is 3. The highest BCUT2D eigenvalue weighted by molar-refractivity contribution is 8.00. The fraction of sp³-hybridized carbons (Fsp3) is 0.207. The maximum Gasteiger partial charge on any atom is 0.348 e. The number of β-lactam (4-membered cyclic amide) rings is 1. The second kappa shape index (κ2) is 15.1. The highest BCUT2D eigenvalue weighted by Gasteiger charge is 2.54. The number of nitrogens with zero attached hydrogens (tertiary/aromatic N) is 7. The molecule has 3 atom stereocenters. The van der Waals surface area contributed by atoms with E-state index in [9.17, 15) is 39.3 Å². The molecule has 4 aromatic rings. The smallest absolute Gasteiger partial charge is 0.348 e. The number of H-pyrrole nitrogens is 1. The third kappa shape index (κ3) is 7.65. The average molecular weight is 787 g/mol. The molecule has 2 aliphatic rings. The number of phenolic OH excluding ortho intramolecular Hbond substituents is 2. The first-order valence-corrected chi connectivity index (χ1v) is 17.2. The maximum absolute atomic E-state index is 13.7. The Bertz CT molecular complexity index is 2180. The lowest BCUT2D eigenvalue weighted by atomic mass is 10.0. The fourth-order valence-electron chi connectivity index (χ4n) is 5.14. The number of halogens is 1. The first kappa shape index (κ1) is 36.5. The van der Waals surface area contributed by atoms with Crippen molar-refractivity contribution in [2.24, 2.45) is 5.16 Å². The first-order valence-electron chi connectivity index (χ1n) is 14.9. The summed E-state index contributed by atoms with van der Waals surface area (Å²) >= 11 is 8.29. The largest absolute Gasteiger partial charge is 0.504 e. The number of pyridine rings is 1. The number of carboxylic acids is 2. The summed E-state index contributed by atoms with van der Waals surface area (Å²) in [5.41, 5.74) is 6.53. The molecule has 274 valence electrons. The standard InChI is InChI=1S/C29H24ClN11O10S2/c30-18-13(1-2-15(42)22(18)45)24(46)32-12-3-5-40(6-4-12)8-11-9-52-27-20(26(48)41(27)21(11)23-35-38-39-36-23)34-25(47)19(14-10-53-29(31)33-14)37-51-16(28(49)50)7-17(43)44/h1-6,10,16,20,27H,7-9H2,(H8,31,33,34,35,36,37,38,39,42,43,44,45,46,47,49,50)/p+1/t16-,20+,27+/m0/s1. The summed E-state index contributed by atoms with van der Waals surface area (Å²) in [6.45, 7) is 0.253. The molecule has 0 aliphatic carbocycles. The molecule has 21 nitrogen and oxygen atoms in total. The average Bonchev–Trinajstić information content (AvgIpc) is 3.82. The van der Waals surface area contributed by atoms with Crippen molar-refractivity contribution in [2.75, 3.05) is 16.8 Å². The van der Waals surface area contributed by atoms with Crippen LogP contribution in [0.1, 0.15) is 28.3 Å². The third-order valence-electron chi connectivity index (χ3n) is 7.65. The van der Waals surface area contributed by atoms with Gasteiger partial charge in [-0.05, 0) is 22.6 Å². The van der Waals surface area contributed by atoms with E-state index in [2.05, 4.69) is 41.4 Å². The molecule has 1 aromatic carbocycles. The summed E-state index contributed by atoms with van der Waals surface area (Å²) in [7, 11) is 0. The summed E-state index contributed by atoms with van der Waals surface area (Å²) in [6.07, 6.45) is 0.477. The summed E-state index contributed by atoms with van der Waals surface area (Å²) in [6, 6.07) is 4.54. The lowest BCUT2D eigenvalue weighted by molar-refractivity contribution is -0.688. The van der Waals surface area contributed by atoms with Crippen LogP contribution in [-0.4, -0.2) is 110 Å². The quantitative estimate of drug-likeness (QED) is 0.0291. The topological polar surface area (TPSA) is 312 Å². The number of benzene rings is 1. The molecule has 1 fully saturated rings. The van der Waals surface area contributed by atoms with E-state index in [4.69, 9.17) is 27.3 Å². The lowest BCUT2D eigenvalue weighted by Crippen LogP contribution is -2.70. The van der Waals surface area contributed by atoms with Crippen molar-refractivity contribution in [3.8, 4) is 11.5 Å². The molecular formula is C29H25ClN11O10S2+. The van der Waals surface area contributed by atoms with Gasteiger partial charge < -0.3 is 41.6 Å². The van der Waals surface area contributed by atoms with Crippen LogP contribution in [0.15, 0.2) is 52.8 Å². The molecule has 0 radical (unpaired) electrons. The van der Waals surface area contributed by atoms with Gasteiger partial charge in [-0.1, -0.05) is 16.8 Å². The van der Waals surface area contributed by atoms with Crippen molar-refractivity contribution in [2.45, 2.75) is 30.5 Å². The highest BCUT2D eigenvalue weighted by Crippen LogP contribution is 2.43. The van der Waals surface area contributed by atoms with Gasteiger partial charge in [0, 0.05) is 28.8 Å². The molecule has 2 aliphatic heterocycles. The molecule has 24 heteroatoms. The van der Waals surface area contributed by atoms with Crippen LogP contribution in [0, 0.1) is 0 Å². The van der Waals surface area contributed by atoms with Crippen LogP contribution in [0.5, 0.6) is 11.5 Å². The minimum atomic E-state index is -1.92. The number of aliphatic carboxylic acids is 2. The number of thiazole rings is 1. The summed E-state index contributed by atoms with van der Waals surface area (Å²) < 4.78 is 1.77. The lowest BCUT2D eigenvalue weighted by Gasteiger charge is -2.49. The number of hydrogen-bond donors (Lipinski definition) is 8. The van der Waals surface area contributed by atoms with Crippen LogP contribution in [-0.2, 0) is 30.6 Å². The van der Waals surface area contributed by atoms with E-state index in [-0.39, 0.29) is 33.8 Å². The Labute approximate surface area is 309 Å². The van der Waals surface area contributed by atoms with Crippen molar-refractivity contribution in [3.63, 3.8) is 0 Å². The number of rotatable bonds is 13. The van der Waals surface area contributed by atoms with E-state index in [1.54, 1.807) is 29.1 Å². The Balaban J connectivity index is 1.18. The van der Waals surface area contributed by atoms with Gasteiger partial charge in [-0.3, -0.25) is 24.1 Å². The molecule has 5 heterocycles. The van der Waals surface area contributed by atoms with Gasteiger partial charge in [0.05, 0.1) is 28.4 Å². The van der Waals surface area contributed by atoms with Crippen LogP contribution in [0.25, 0.3) is 5.70 Å². The number of anilines is 2. The number of hydrogen-bond acceptors (Lipinski definition) is 16. The fourth-order valence-corrected chi connectivity index (χ4v) is 7.27. The van der Waals surface area contributed by atoms with Gasteiger partial charge in [0.15, 0.2) is 47.1 Å². The number of thioether (sulfide) groups is 1. The summed E-state index contributed by atoms with van der Waals surface area (Å²) in [5, 5.41) is 61.1. The van der Waals surface area contributed by atoms with Crippen LogP contribution < -0.4 is 20.9 Å². The Kier molecular flexibility index (Phi) is 10.4. The van der Waals surface area contributed by atoms with Gasteiger partial charge in [-0.2, -0.15) is 0 Å². The number of carbonyl (C=O) groups is 5. The molecule has 0 spiro atoms. The highest BCUT2D eigenvalue weighted by atomic mass is 35.5. The van der Waals surface area contributed by atoms with Crippen LogP contribution >= 0.6 is 34.7 Å². The molecule has 6 rings (SSSR count). The van der Waals surface area contributed by atoms with Crippen molar-refractivity contribution in [3.05, 3.63) is 69.7 Å². The number of oxime groups is 1. The van der Waals surface area contributed by atoms with Gasteiger partial charge in [0.1, 0.15) is 17.1 Å². The number of nitrogen functional groups attached to an aromatic ring is 1. The van der Waals surface area contributed by atoms with Gasteiger partial charge >= 0.3 is 11.9 Å². The number of fused-ring (bicyclic) bond motifs is 1. The number of carboxylic acid groups (broad SMARTS) is 2. The zero-order valence-electron chi connectivity index (χ0n) is 26.5. The third-order valence-corrected chi connectivity index (χ3v) is 10.0. The maximum atomic E-state index is 13.7. The Morgan fingerprint density at radius 3 is 2.58 bits per heavy atom. The molecule has 0 saturated carbocycles. The second-order valence-corrected chi connectivity index (χ2v) is 13.5. The minimum Gasteiger partial charge on any atom is -0.504 e. The Hall–Kier alpha value is -6.33. The Morgan fingerprint density at radius 2 is 1.94 bits per heavy atom. The van der Waals surface area contributed by atoms with E-state index in [0.29, 0.717) is 17.1 Å². The SMILES string of the molecule is Nc1nc(/C(=N/O[C@@H](CC(=O)O)C(=O)O)C(=O)N[C@@H]2C(=O)N3C(c4nnn[nH]4)=C(C[n+]4ccc(NC(=O)c5ccc(O)c(O)c5Cl)cc4)CS[C@H]23)cs1. The number of carbonyl (C=O) groups excluding carboxylic acids is 3. The van der Waals surface area contributed by atoms with Crippen LogP contribution in [0.3, 0.4) is 0 Å². The molecule has 53 heavy (non-hydrogen) atoms. The summed E-state index contributed by atoms with van der Waals surface area (Å²) in [5.74, 6) is -5.77. The number of aromatic hydroxyl groups is 2. The van der Waals surface area contributed by atoms with E-state index >= 15 is 0 Å². The number of amides is 3. The van der Waals surface area contributed by atoms with Gasteiger partial charge in [-0.15, -0.1) is 28.2 Å². The predicted octanol–water partition coefficient (Wildman–Crippen LogP) is 0.00280. The molecule has 1 saturated heterocycles. The number of aromatic amines is 1. The molecule has 3 aromatic heterocycles. The molecule has 9 N–H and O–H groups in total. The number of aromatic nitrogens is 6. The molecule has 0 bridgehead atoms. The van der Waals surface area contributed by atoms with Crippen molar-refractivity contribution in [1.82, 2.24) is 35.8 Å². The zero-order valence-corrected chi connectivity index (χ0v) is 28.9. The van der Waals surface area contributed by atoms with Gasteiger partial charge in [-0.25, -0.2) is 19.4 Å². The van der Waals surface area contributed by atoms with E-state index in [1.165, 1.54) is 28.1 Å². The minimum absolute atomic E-state index is 0.0509. The number of phenols is 2. The first-order chi connectivity index (χ1) is 25.3. The van der Waals surface area contributed by atoms with Gasteiger partial charge in [0.2, 0.25) is 6.10 Å². The molecular weight excluding hydrogens is 762 g/mol. The van der Waals surface area contributed by atoms with Crippen LogP contribution in [0.2, 0.25) is 5.02 Å². The van der Waals surface area contributed by atoms with Crippen molar-refractivity contribution < 1.29 is 53.8 Å². The Morgan fingerprint density at radius 1 is 1.19 bits per heavy atom. The van der Waals surface area contributed by atoms with Crippen LogP contribution in [0.4, 0.5) is 10.8 Å². The summed E-state index contributed by atoms with van der Waals surface area (Å²) in [4.78, 5) is 72.8. The monoisotopic (exact) mass is 786 g/mol.